The Labute approximate surface area is 105 Å². The van der Waals surface area contributed by atoms with Crippen LogP contribution in [0.5, 0.6) is 5.75 Å². The van der Waals surface area contributed by atoms with E-state index in [-0.39, 0.29) is 0 Å². The first kappa shape index (κ1) is 12.1. The minimum atomic E-state index is 0.308. The van der Waals surface area contributed by atoms with Crippen LogP contribution >= 0.6 is 11.3 Å². The molecule has 1 aromatic heterocycles. The number of methoxy groups -OCH3 is 1. The third-order valence-electron chi connectivity index (χ3n) is 2.69. The average molecular weight is 248 g/mol. The van der Waals surface area contributed by atoms with Crippen molar-refractivity contribution in [1.29, 1.82) is 0 Å². The Kier molecular flexibility index (Phi) is 4.12. The molecule has 0 aliphatic carbocycles. The molecule has 90 valence electrons. The molecule has 0 saturated carbocycles. The molecule has 2 aromatic rings. The molecule has 0 unspecified atom stereocenters. The van der Waals surface area contributed by atoms with Gasteiger partial charge in [-0.3, -0.25) is 0 Å². The summed E-state index contributed by atoms with van der Waals surface area (Å²) in [5.41, 5.74) is 4.20. The minimum absolute atomic E-state index is 0.308. The van der Waals surface area contributed by atoms with Crippen LogP contribution in [0.15, 0.2) is 35.2 Å². The Balaban J connectivity index is 1.92. The summed E-state index contributed by atoms with van der Waals surface area (Å²) in [6, 6.07) is 8.43. The highest BCUT2D eigenvalue weighted by molar-refractivity contribution is 7.07. The summed E-state index contributed by atoms with van der Waals surface area (Å²) in [7, 11) is 1.68. The first-order chi connectivity index (χ1) is 8.29. The number of rotatable bonds is 5. The maximum absolute atomic E-state index is 5.14. The molecule has 2 rings (SSSR count). The summed E-state index contributed by atoms with van der Waals surface area (Å²) < 4.78 is 5.14. The van der Waals surface area contributed by atoms with Crippen molar-refractivity contribution in [2.24, 2.45) is 0 Å². The quantitative estimate of drug-likeness (QED) is 0.883. The topological polar surface area (TPSA) is 34.1 Å². The zero-order valence-electron chi connectivity index (χ0n) is 10.0. The van der Waals surface area contributed by atoms with Crippen LogP contribution in [0.25, 0.3) is 0 Å². The van der Waals surface area contributed by atoms with Gasteiger partial charge in [-0.25, -0.2) is 4.98 Å². The van der Waals surface area contributed by atoms with Crippen LogP contribution in [-0.2, 0) is 6.54 Å². The van der Waals surface area contributed by atoms with Gasteiger partial charge in [0.15, 0.2) is 0 Å². The van der Waals surface area contributed by atoms with Gasteiger partial charge >= 0.3 is 0 Å². The van der Waals surface area contributed by atoms with Gasteiger partial charge in [-0.2, -0.15) is 0 Å². The van der Waals surface area contributed by atoms with Crippen molar-refractivity contribution >= 4 is 11.3 Å². The van der Waals surface area contributed by atoms with Crippen molar-refractivity contribution in [2.75, 3.05) is 7.11 Å². The Bertz CT molecular complexity index is 439. The van der Waals surface area contributed by atoms with Crippen molar-refractivity contribution in [3.63, 3.8) is 0 Å². The second kappa shape index (κ2) is 5.80. The molecule has 1 N–H and O–H groups in total. The summed E-state index contributed by atoms with van der Waals surface area (Å²) in [4.78, 5) is 4.25. The van der Waals surface area contributed by atoms with Crippen LogP contribution in [0.3, 0.4) is 0 Å². The Morgan fingerprint density at radius 3 is 2.71 bits per heavy atom. The Morgan fingerprint density at radius 1 is 1.35 bits per heavy atom. The van der Waals surface area contributed by atoms with Crippen molar-refractivity contribution in [2.45, 2.75) is 19.5 Å². The lowest BCUT2D eigenvalue weighted by molar-refractivity contribution is 0.414. The van der Waals surface area contributed by atoms with Gasteiger partial charge in [0.05, 0.1) is 18.3 Å². The number of aromatic nitrogens is 1. The molecule has 0 bridgehead atoms. The van der Waals surface area contributed by atoms with Gasteiger partial charge in [0.2, 0.25) is 0 Å². The van der Waals surface area contributed by atoms with Gasteiger partial charge in [-0.05, 0) is 24.6 Å². The molecule has 1 aromatic carbocycles. The van der Waals surface area contributed by atoms with Crippen molar-refractivity contribution in [1.82, 2.24) is 10.3 Å². The van der Waals surface area contributed by atoms with E-state index in [1.165, 1.54) is 5.56 Å². The second-order valence-electron chi connectivity index (χ2n) is 3.86. The van der Waals surface area contributed by atoms with Crippen molar-refractivity contribution in [3.05, 3.63) is 46.4 Å². The number of hydrogen-bond acceptors (Lipinski definition) is 4. The predicted molar refractivity (Wildman–Crippen MR) is 70.4 cm³/mol. The summed E-state index contributed by atoms with van der Waals surface area (Å²) in [5, 5.41) is 5.51. The molecular weight excluding hydrogens is 232 g/mol. The fourth-order valence-corrected chi connectivity index (χ4v) is 2.15. The van der Waals surface area contributed by atoms with Crippen LogP contribution in [0.4, 0.5) is 0 Å². The molecule has 0 spiro atoms. The maximum atomic E-state index is 5.14. The zero-order valence-corrected chi connectivity index (χ0v) is 10.8. The van der Waals surface area contributed by atoms with E-state index in [1.54, 1.807) is 18.4 Å². The van der Waals surface area contributed by atoms with Gasteiger partial charge in [-0.1, -0.05) is 12.1 Å². The molecule has 1 atom stereocenters. The molecule has 0 fully saturated rings. The lowest BCUT2D eigenvalue weighted by Crippen LogP contribution is -2.18. The standard InChI is InChI=1S/C13H16N2OS/c1-10(14-7-12-8-17-9-15-12)11-3-5-13(16-2)6-4-11/h3-6,8-10,14H,7H2,1-2H3/t10-/m0/s1. The first-order valence-electron chi connectivity index (χ1n) is 5.54. The summed E-state index contributed by atoms with van der Waals surface area (Å²) in [6.07, 6.45) is 0. The molecule has 0 aliphatic heterocycles. The maximum Gasteiger partial charge on any atom is 0.118 e. The van der Waals surface area contributed by atoms with Crippen molar-refractivity contribution < 1.29 is 4.74 Å². The Hall–Kier alpha value is -1.39. The van der Waals surface area contributed by atoms with E-state index in [0.29, 0.717) is 6.04 Å². The van der Waals surface area contributed by atoms with Crippen LogP contribution < -0.4 is 10.1 Å². The molecule has 0 saturated heterocycles. The van der Waals surface area contributed by atoms with Gasteiger partial charge in [-0.15, -0.1) is 11.3 Å². The molecule has 0 radical (unpaired) electrons. The molecule has 3 nitrogen and oxygen atoms in total. The van der Waals surface area contributed by atoms with Crippen molar-refractivity contribution in [3.8, 4) is 5.75 Å². The zero-order chi connectivity index (χ0) is 12.1. The van der Waals surface area contributed by atoms with Gasteiger partial charge in [0.25, 0.3) is 0 Å². The summed E-state index contributed by atoms with van der Waals surface area (Å²) in [5.74, 6) is 0.889. The third kappa shape index (κ3) is 3.28. The van der Waals surface area contributed by atoms with Crippen LogP contribution in [0, 0.1) is 0 Å². The molecule has 1 heterocycles. The summed E-state index contributed by atoms with van der Waals surface area (Å²) in [6.45, 7) is 2.95. The van der Waals surface area contributed by atoms with E-state index < -0.39 is 0 Å². The smallest absolute Gasteiger partial charge is 0.118 e. The number of benzene rings is 1. The van der Waals surface area contributed by atoms with E-state index in [0.717, 1.165) is 18.0 Å². The number of ether oxygens (including phenoxy) is 1. The highest BCUT2D eigenvalue weighted by Crippen LogP contribution is 2.17. The number of hydrogen-bond donors (Lipinski definition) is 1. The lowest BCUT2D eigenvalue weighted by atomic mass is 10.1. The number of nitrogens with zero attached hydrogens (tertiary/aromatic N) is 1. The fourth-order valence-electron chi connectivity index (χ4n) is 1.59. The number of thiazole rings is 1. The SMILES string of the molecule is COc1ccc([C@H](C)NCc2cscn2)cc1. The normalized spacial score (nSPS) is 12.4. The first-order valence-corrected chi connectivity index (χ1v) is 6.48. The van der Waals surface area contributed by atoms with E-state index in [4.69, 9.17) is 4.74 Å². The molecule has 0 amide bonds. The van der Waals surface area contributed by atoms with E-state index in [2.05, 4.69) is 34.7 Å². The largest absolute Gasteiger partial charge is 0.497 e. The predicted octanol–water partition coefficient (Wildman–Crippen LogP) is 3.00. The average Bonchev–Trinajstić information content (AvgIpc) is 2.89. The number of nitrogens with one attached hydrogen (secondary N) is 1. The monoisotopic (exact) mass is 248 g/mol. The van der Waals surface area contributed by atoms with E-state index in [1.807, 2.05) is 17.6 Å². The van der Waals surface area contributed by atoms with Gasteiger partial charge < -0.3 is 10.1 Å². The third-order valence-corrected chi connectivity index (χ3v) is 3.32. The van der Waals surface area contributed by atoms with Gasteiger partial charge in [0, 0.05) is 18.0 Å². The highest BCUT2D eigenvalue weighted by Gasteiger charge is 2.05. The van der Waals surface area contributed by atoms with Gasteiger partial charge in [0.1, 0.15) is 5.75 Å². The molecule has 4 heteroatoms. The van der Waals surface area contributed by atoms with Crippen LogP contribution in [-0.4, -0.2) is 12.1 Å². The highest BCUT2D eigenvalue weighted by atomic mass is 32.1. The Morgan fingerprint density at radius 2 is 2.12 bits per heavy atom. The van der Waals surface area contributed by atoms with Crippen LogP contribution in [0.1, 0.15) is 24.2 Å². The van der Waals surface area contributed by atoms with E-state index in [9.17, 15) is 0 Å². The molecule has 17 heavy (non-hydrogen) atoms. The second-order valence-corrected chi connectivity index (χ2v) is 4.57. The minimum Gasteiger partial charge on any atom is -0.497 e. The van der Waals surface area contributed by atoms with Crippen LogP contribution in [0.2, 0.25) is 0 Å². The molecular formula is C13H16N2OS. The van der Waals surface area contributed by atoms with E-state index >= 15 is 0 Å². The lowest BCUT2D eigenvalue weighted by Gasteiger charge is -2.13. The molecule has 0 aliphatic rings. The summed E-state index contributed by atoms with van der Waals surface area (Å²) >= 11 is 1.62. The fraction of sp³-hybridized carbons (Fsp3) is 0.308.